The average molecular weight is 351 g/mol. The number of amides is 1. The van der Waals surface area contributed by atoms with Crippen LogP contribution in [-0.2, 0) is 11.3 Å². The van der Waals surface area contributed by atoms with Gasteiger partial charge in [-0.05, 0) is 62.4 Å². The van der Waals surface area contributed by atoms with Crippen molar-refractivity contribution >= 4 is 17.5 Å². The van der Waals surface area contributed by atoms with E-state index in [0.29, 0.717) is 5.92 Å². The first-order valence-corrected chi connectivity index (χ1v) is 9.28. The van der Waals surface area contributed by atoms with Crippen molar-refractivity contribution in [1.29, 1.82) is 0 Å². The van der Waals surface area contributed by atoms with Crippen LogP contribution in [0.4, 0.5) is 0 Å². The summed E-state index contributed by atoms with van der Waals surface area (Å²) in [5.41, 5.74) is 1.18. The van der Waals surface area contributed by atoms with Crippen LogP contribution in [0, 0.1) is 5.92 Å². The van der Waals surface area contributed by atoms with Crippen molar-refractivity contribution in [3.8, 4) is 5.75 Å². The number of hydrogen-bond acceptors (Lipinski definition) is 3. The summed E-state index contributed by atoms with van der Waals surface area (Å²) >= 11 is 6.43. The minimum atomic E-state index is 0.125. The Morgan fingerprint density at radius 3 is 2.67 bits per heavy atom. The van der Waals surface area contributed by atoms with Crippen LogP contribution in [0.1, 0.15) is 38.2 Å². The van der Waals surface area contributed by atoms with Crippen molar-refractivity contribution in [2.75, 3.05) is 26.7 Å². The molecule has 0 atom stereocenters. The third-order valence-electron chi connectivity index (χ3n) is 5.18. The Balaban J connectivity index is 1.46. The molecule has 1 aromatic carbocycles. The van der Waals surface area contributed by atoms with Crippen LogP contribution in [0.25, 0.3) is 0 Å². The molecule has 24 heavy (non-hydrogen) atoms. The molecule has 132 valence electrons. The van der Waals surface area contributed by atoms with E-state index in [1.54, 1.807) is 11.8 Å². The highest BCUT2D eigenvalue weighted by Crippen LogP contribution is 2.33. The van der Waals surface area contributed by atoms with Crippen molar-refractivity contribution in [2.45, 2.75) is 45.3 Å². The number of rotatable bonds is 6. The normalized spacial score (nSPS) is 23.8. The molecule has 0 bridgehead atoms. The smallest absolute Gasteiger partial charge is 0.219 e. The summed E-state index contributed by atoms with van der Waals surface area (Å²) in [6, 6.07) is 6.07. The molecule has 0 radical (unpaired) electrons. The van der Waals surface area contributed by atoms with Gasteiger partial charge >= 0.3 is 0 Å². The number of benzene rings is 1. The van der Waals surface area contributed by atoms with E-state index in [4.69, 9.17) is 16.3 Å². The van der Waals surface area contributed by atoms with Crippen LogP contribution in [-0.4, -0.2) is 48.5 Å². The molecule has 1 aliphatic carbocycles. The maximum atomic E-state index is 11.3. The van der Waals surface area contributed by atoms with Crippen molar-refractivity contribution in [3.63, 3.8) is 0 Å². The summed E-state index contributed by atoms with van der Waals surface area (Å²) in [6.45, 7) is 5.71. The first-order valence-electron chi connectivity index (χ1n) is 8.90. The van der Waals surface area contributed by atoms with E-state index in [9.17, 15) is 4.79 Å². The molecule has 4 nitrogen and oxygen atoms in total. The molecule has 1 saturated heterocycles. The van der Waals surface area contributed by atoms with Gasteiger partial charge in [-0.2, -0.15) is 0 Å². The van der Waals surface area contributed by atoms with Crippen LogP contribution in [0.5, 0.6) is 5.75 Å². The van der Waals surface area contributed by atoms with Gasteiger partial charge < -0.3 is 9.64 Å². The molecule has 1 aliphatic heterocycles. The van der Waals surface area contributed by atoms with Crippen LogP contribution in [0.2, 0.25) is 5.02 Å². The highest BCUT2D eigenvalue weighted by atomic mass is 35.5. The Hall–Kier alpha value is -1.26. The second-order valence-corrected chi connectivity index (χ2v) is 7.62. The molecule has 1 heterocycles. The van der Waals surface area contributed by atoms with E-state index in [2.05, 4.69) is 11.0 Å². The van der Waals surface area contributed by atoms with Gasteiger partial charge in [0.2, 0.25) is 5.91 Å². The first kappa shape index (κ1) is 17.6. The minimum Gasteiger partial charge on any atom is -0.490 e. The minimum absolute atomic E-state index is 0.125. The van der Waals surface area contributed by atoms with E-state index in [1.807, 2.05) is 19.2 Å². The van der Waals surface area contributed by atoms with Crippen LogP contribution >= 0.6 is 11.6 Å². The summed E-state index contributed by atoms with van der Waals surface area (Å²) in [5.74, 6) is 1.53. The van der Waals surface area contributed by atoms with Gasteiger partial charge in [0.15, 0.2) is 0 Å². The maximum absolute atomic E-state index is 11.3. The van der Waals surface area contributed by atoms with Crippen molar-refractivity contribution in [3.05, 3.63) is 28.8 Å². The van der Waals surface area contributed by atoms with Crippen LogP contribution in [0.3, 0.4) is 0 Å². The molecule has 5 heteroatoms. The lowest BCUT2D eigenvalue weighted by Gasteiger charge is -2.37. The Labute approximate surface area is 149 Å². The molecule has 0 spiro atoms. The second-order valence-electron chi connectivity index (χ2n) is 7.21. The Bertz CT molecular complexity index is 581. The molecule has 3 rings (SSSR count). The summed E-state index contributed by atoms with van der Waals surface area (Å²) in [6.07, 6.45) is 4.84. The average Bonchev–Trinajstić information content (AvgIpc) is 3.00. The van der Waals surface area contributed by atoms with Gasteiger partial charge in [-0.25, -0.2) is 0 Å². The number of likely N-dealkylation sites (tertiary alicyclic amines) is 1. The van der Waals surface area contributed by atoms with Gasteiger partial charge in [-0.15, -0.1) is 0 Å². The van der Waals surface area contributed by atoms with Gasteiger partial charge in [0.1, 0.15) is 5.75 Å². The summed E-state index contributed by atoms with van der Waals surface area (Å²) in [5, 5.41) is 0.798. The number of carbonyl (C=O) groups is 1. The van der Waals surface area contributed by atoms with Gasteiger partial charge in [-0.1, -0.05) is 17.7 Å². The Morgan fingerprint density at radius 1 is 1.33 bits per heavy atom. The second kappa shape index (κ2) is 7.75. The van der Waals surface area contributed by atoms with E-state index in [-0.39, 0.29) is 12.0 Å². The van der Waals surface area contributed by atoms with Crippen LogP contribution < -0.4 is 4.74 Å². The molecule has 0 N–H and O–H groups in total. The highest BCUT2D eigenvalue weighted by molar-refractivity contribution is 6.31. The lowest BCUT2D eigenvalue weighted by molar-refractivity contribution is -0.129. The monoisotopic (exact) mass is 350 g/mol. The topological polar surface area (TPSA) is 32.8 Å². The molecular formula is C19H27ClN2O2. The van der Waals surface area contributed by atoms with Crippen molar-refractivity contribution in [2.24, 2.45) is 5.92 Å². The van der Waals surface area contributed by atoms with Gasteiger partial charge in [0, 0.05) is 32.1 Å². The standard InChI is InChI=1S/C19H27ClN2O2/c1-14(23)21(2)12-15-9-18(10-15)24-17-6-5-16(19(20)11-17)13-22-7-3-4-8-22/h5-6,11,15,18H,3-4,7-10,12-13H2,1-2H3. The lowest BCUT2D eigenvalue weighted by Crippen LogP contribution is -2.41. The molecule has 1 saturated carbocycles. The molecule has 1 amide bonds. The third-order valence-corrected chi connectivity index (χ3v) is 5.53. The largest absolute Gasteiger partial charge is 0.490 e. The van der Waals surface area contributed by atoms with Crippen molar-refractivity contribution < 1.29 is 9.53 Å². The quantitative estimate of drug-likeness (QED) is 0.786. The molecule has 2 fully saturated rings. The zero-order valence-corrected chi connectivity index (χ0v) is 15.4. The van der Waals surface area contributed by atoms with Gasteiger partial charge in [0.05, 0.1) is 6.10 Å². The fourth-order valence-electron chi connectivity index (χ4n) is 3.54. The summed E-state index contributed by atoms with van der Waals surface area (Å²) in [4.78, 5) is 15.5. The Morgan fingerprint density at radius 2 is 2.04 bits per heavy atom. The first-order chi connectivity index (χ1) is 11.5. The van der Waals surface area contributed by atoms with Crippen LogP contribution in [0.15, 0.2) is 18.2 Å². The number of carbonyl (C=O) groups excluding carboxylic acids is 1. The van der Waals surface area contributed by atoms with E-state index in [0.717, 1.165) is 36.7 Å². The number of halogens is 1. The number of hydrogen-bond donors (Lipinski definition) is 0. The van der Waals surface area contributed by atoms with Crippen molar-refractivity contribution in [1.82, 2.24) is 9.80 Å². The number of ether oxygens (including phenoxy) is 1. The predicted molar refractivity (Wildman–Crippen MR) is 96.4 cm³/mol. The number of nitrogens with zero attached hydrogens (tertiary/aromatic N) is 2. The molecule has 2 aliphatic rings. The highest BCUT2D eigenvalue weighted by Gasteiger charge is 2.32. The SMILES string of the molecule is CC(=O)N(C)CC1CC(Oc2ccc(CN3CCCC3)c(Cl)c2)C1. The molecule has 1 aromatic rings. The van der Waals surface area contributed by atoms with Gasteiger partial charge in [0.25, 0.3) is 0 Å². The third kappa shape index (κ3) is 4.42. The zero-order valence-electron chi connectivity index (χ0n) is 14.6. The summed E-state index contributed by atoms with van der Waals surface area (Å²) in [7, 11) is 1.86. The molecule has 0 aromatic heterocycles. The predicted octanol–water partition coefficient (Wildman–Crippen LogP) is 3.57. The fourth-order valence-corrected chi connectivity index (χ4v) is 3.77. The summed E-state index contributed by atoms with van der Waals surface area (Å²) < 4.78 is 6.03. The maximum Gasteiger partial charge on any atom is 0.219 e. The Kier molecular flexibility index (Phi) is 5.67. The van der Waals surface area contributed by atoms with E-state index in [1.165, 1.54) is 31.5 Å². The fraction of sp³-hybridized carbons (Fsp3) is 0.632. The molecule has 0 unspecified atom stereocenters. The zero-order chi connectivity index (χ0) is 17.1. The molecular weight excluding hydrogens is 324 g/mol. The van der Waals surface area contributed by atoms with Gasteiger partial charge in [-0.3, -0.25) is 9.69 Å². The lowest BCUT2D eigenvalue weighted by atomic mass is 9.82. The van der Waals surface area contributed by atoms with E-state index < -0.39 is 0 Å². The van der Waals surface area contributed by atoms with E-state index >= 15 is 0 Å².